The van der Waals surface area contributed by atoms with Crippen molar-refractivity contribution in [3.8, 4) is 0 Å². The van der Waals surface area contributed by atoms with E-state index in [4.69, 9.17) is 16.3 Å². The number of fused-ring (bicyclic) bond motifs is 1. The topological polar surface area (TPSA) is 71.2 Å². The monoisotopic (exact) mass is 410 g/mol. The molecule has 0 bridgehead atoms. The lowest BCUT2D eigenvalue weighted by molar-refractivity contribution is -0.119. The molecule has 0 atom stereocenters. The Balaban J connectivity index is 1.64. The van der Waals surface area contributed by atoms with E-state index in [0.717, 1.165) is 0 Å². The molecule has 0 radical (unpaired) electrons. The van der Waals surface area contributed by atoms with Crippen LogP contribution in [0.4, 0.5) is 14.5 Å². The number of benzene rings is 2. The molecule has 1 heterocycles. The first-order valence-electron chi connectivity index (χ1n) is 7.72. The second kappa shape index (κ2) is 8.41. The fourth-order valence-electron chi connectivity index (χ4n) is 2.41. The maximum absolute atomic E-state index is 12.6. The van der Waals surface area contributed by atoms with Crippen LogP contribution in [0.2, 0.25) is 5.02 Å². The van der Waals surface area contributed by atoms with Crippen molar-refractivity contribution in [3.63, 3.8) is 0 Å². The first-order valence-corrected chi connectivity index (χ1v) is 8.98. The quantitative estimate of drug-likeness (QED) is 0.446. The van der Waals surface area contributed by atoms with Crippen molar-refractivity contribution >= 4 is 51.8 Å². The minimum Gasteiger partial charge on any atom is -0.451 e. The number of carbonyl (C=O) groups excluding carboxylic acids is 2. The van der Waals surface area contributed by atoms with Crippen molar-refractivity contribution in [2.45, 2.75) is 10.7 Å². The van der Waals surface area contributed by atoms with Gasteiger partial charge in [-0.25, -0.2) is 4.79 Å². The van der Waals surface area contributed by atoms with E-state index in [9.17, 15) is 18.4 Å². The van der Waals surface area contributed by atoms with Crippen LogP contribution in [0.5, 0.6) is 0 Å². The summed E-state index contributed by atoms with van der Waals surface area (Å²) in [6.07, 6.45) is 0. The number of nitrogens with one attached hydrogen (secondary N) is 2. The minimum absolute atomic E-state index is 0.0410. The van der Waals surface area contributed by atoms with Gasteiger partial charge < -0.3 is 15.0 Å². The van der Waals surface area contributed by atoms with E-state index < -0.39 is 24.2 Å². The van der Waals surface area contributed by atoms with Gasteiger partial charge in [-0.3, -0.25) is 4.79 Å². The Labute approximate surface area is 162 Å². The Bertz CT molecular complexity index is 994. The average Bonchev–Trinajstić information content (AvgIpc) is 2.98. The number of amides is 1. The smallest absolute Gasteiger partial charge is 0.356 e. The Morgan fingerprint density at radius 3 is 2.59 bits per heavy atom. The molecule has 0 aliphatic carbocycles. The van der Waals surface area contributed by atoms with E-state index in [1.165, 1.54) is 12.1 Å². The van der Waals surface area contributed by atoms with Gasteiger partial charge in [0, 0.05) is 15.8 Å². The van der Waals surface area contributed by atoms with E-state index in [1.807, 2.05) is 0 Å². The summed E-state index contributed by atoms with van der Waals surface area (Å²) in [5.41, 5.74) is 0.920. The van der Waals surface area contributed by atoms with Gasteiger partial charge in [0.25, 0.3) is 11.7 Å². The lowest BCUT2D eigenvalue weighted by Gasteiger charge is -2.10. The number of hydrogen-bond donors (Lipinski definition) is 2. The zero-order valence-corrected chi connectivity index (χ0v) is 15.2. The minimum atomic E-state index is -2.62. The summed E-state index contributed by atoms with van der Waals surface area (Å²) in [4.78, 5) is 27.3. The highest BCUT2D eigenvalue weighted by Gasteiger charge is 2.19. The number of aromatic nitrogens is 1. The largest absolute Gasteiger partial charge is 0.451 e. The molecular formula is C18H13ClF2N2O3S. The fourth-order valence-corrected chi connectivity index (χ4v) is 3.29. The third-order valence-corrected chi connectivity index (χ3v) is 4.74. The SMILES string of the molecule is O=C(COC(=O)c1[nH]c2ccccc2c1Cl)Nc1ccccc1SC(F)F. The first kappa shape index (κ1) is 19.2. The van der Waals surface area contributed by atoms with E-state index in [0.29, 0.717) is 22.7 Å². The number of hydrogen-bond acceptors (Lipinski definition) is 4. The van der Waals surface area contributed by atoms with Gasteiger partial charge in [0.15, 0.2) is 6.61 Å². The molecule has 0 saturated carbocycles. The molecular weight excluding hydrogens is 398 g/mol. The van der Waals surface area contributed by atoms with Crippen molar-refractivity contribution in [1.29, 1.82) is 0 Å². The molecule has 0 saturated heterocycles. The van der Waals surface area contributed by atoms with Crippen LogP contribution >= 0.6 is 23.4 Å². The van der Waals surface area contributed by atoms with Gasteiger partial charge in [-0.1, -0.05) is 53.7 Å². The van der Waals surface area contributed by atoms with Gasteiger partial charge in [-0.05, 0) is 18.2 Å². The number of H-pyrrole nitrogens is 1. The number of esters is 1. The molecule has 2 N–H and O–H groups in total. The number of rotatable bonds is 6. The lowest BCUT2D eigenvalue weighted by Crippen LogP contribution is -2.21. The van der Waals surface area contributed by atoms with Gasteiger partial charge in [-0.2, -0.15) is 8.78 Å². The summed E-state index contributed by atoms with van der Waals surface area (Å²) in [6, 6.07) is 13.2. The van der Waals surface area contributed by atoms with Crippen LogP contribution in [0.1, 0.15) is 10.5 Å². The zero-order valence-electron chi connectivity index (χ0n) is 13.7. The third kappa shape index (κ3) is 4.58. The highest BCUT2D eigenvalue weighted by atomic mass is 35.5. The molecule has 0 fully saturated rings. The van der Waals surface area contributed by atoms with Gasteiger partial charge in [0.1, 0.15) is 5.69 Å². The van der Waals surface area contributed by atoms with Gasteiger partial charge in [-0.15, -0.1) is 0 Å². The van der Waals surface area contributed by atoms with E-state index in [1.54, 1.807) is 36.4 Å². The molecule has 0 unspecified atom stereocenters. The van der Waals surface area contributed by atoms with Crippen molar-refractivity contribution in [2.24, 2.45) is 0 Å². The predicted molar refractivity (Wildman–Crippen MR) is 101 cm³/mol. The van der Waals surface area contributed by atoms with Crippen molar-refractivity contribution in [1.82, 2.24) is 4.98 Å². The van der Waals surface area contributed by atoms with Crippen molar-refractivity contribution in [2.75, 3.05) is 11.9 Å². The van der Waals surface area contributed by atoms with Crippen LogP contribution in [0.15, 0.2) is 53.4 Å². The van der Waals surface area contributed by atoms with Gasteiger partial charge in [0.05, 0.1) is 10.7 Å². The third-order valence-electron chi connectivity index (χ3n) is 3.56. The molecule has 0 aliphatic heterocycles. The van der Waals surface area contributed by atoms with Crippen LogP contribution in [0, 0.1) is 0 Å². The fraction of sp³-hybridized carbons (Fsp3) is 0.111. The maximum Gasteiger partial charge on any atom is 0.356 e. The van der Waals surface area contributed by atoms with Crippen molar-refractivity contribution < 1.29 is 23.1 Å². The summed E-state index contributed by atoms with van der Waals surface area (Å²) < 4.78 is 30.1. The molecule has 0 spiro atoms. The zero-order chi connectivity index (χ0) is 19.4. The van der Waals surface area contributed by atoms with Crippen LogP contribution in [-0.2, 0) is 9.53 Å². The number of carbonyl (C=O) groups is 2. The number of thioether (sulfide) groups is 1. The molecule has 3 rings (SSSR count). The highest BCUT2D eigenvalue weighted by molar-refractivity contribution is 7.99. The molecule has 5 nitrogen and oxygen atoms in total. The van der Waals surface area contributed by atoms with Gasteiger partial charge >= 0.3 is 5.97 Å². The Morgan fingerprint density at radius 1 is 1.15 bits per heavy atom. The van der Waals surface area contributed by atoms with Gasteiger partial charge in [0.2, 0.25) is 0 Å². The Hall–Kier alpha value is -2.58. The number of halogens is 3. The molecule has 0 aliphatic rings. The number of ether oxygens (including phenoxy) is 1. The summed E-state index contributed by atoms with van der Waals surface area (Å²) in [5, 5.41) is 3.31. The van der Waals surface area contributed by atoms with E-state index in [2.05, 4.69) is 10.3 Å². The van der Waals surface area contributed by atoms with Crippen LogP contribution in [-0.4, -0.2) is 29.2 Å². The number of anilines is 1. The number of para-hydroxylation sites is 2. The normalized spacial score (nSPS) is 11.0. The van der Waals surface area contributed by atoms with E-state index >= 15 is 0 Å². The molecule has 9 heteroatoms. The van der Waals surface area contributed by atoms with Crippen LogP contribution in [0.3, 0.4) is 0 Å². The van der Waals surface area contributed by atoms with Crippen molar-refractivity contribution in [3.05, 3.63) is 59.2 Å². The molecule has 27 heavy (non-hydrogen) atoms. The molecule has 1 amide bonds. The second-order valence-electron chi connectivity index (χ2n) is 5.36. The average molecular weight is 411 g/mol. The summed E-state index contributed by atoms with van der Waals surface area (Å²) in [6.45, 7) is -0.585. The standard InChI is InChI=1S/C18H13ClF2N2O3S/c19-15-10-5-1-2-6-11(10)23-16(15)17(25)26-9-14(24)22-12-7-3-4-8-13(12)27-18(20)21/h1-8,18,23H,9H2,(H,22,24). The highest BCUT2D eigenvalue weighted by Crippen LogP contribution is 2.31. The molecule has 2 aromatic carbocycles. The predicted octanol–water partition coefficient (Wildman–Crippen LogP) is 4.93. The molecule has 1 aromatic heterocycles. The summed E-state index contributed by atoms with van der Waals surface area (Å²) in [5.74, 6) is -4.07. The van der Waals surface area contributed by atoms with Crippen LogP contribution < -0.4 is 5.32 Å². The molecule has 140 valence electrons. The number of aromatic amines is 1. The molecule has 3 aromatic rings. The number of alkyl halides is 2. The van der Waals surface area contributed by atoms with Crippen LogP contribution in [0.25, 0.3) is 10.9 Å². The lowest BCUT2D eigenvalue weighted by atomic mass is 10.2. The summed E-state index contributed by atoms with van der Waals surface area (Å²) in [7, 11) is 0. The Morgan fingerprint density at radius 2 is 1.85 bits per heavy atom. The Kier molecular flexibility index (Phi) is 5.98. The maximum atomic E-state index is 12.6. The summed E-state index contributed by atoms with van der Waals surface area (Å²) >= 11 is 6.47. The van der Waals surface area contributed by atoms with E-state index in [-0.39, 0.29) is 21.3 Å². The second-order valence-corrected chi connectivity index (χ2v) is 6.77. The first-order chi connectivity index (χ1) is 13.0.